The minimum absolute atomic E-state index is 0.109. The zero-order valence-electron chi connectivity index (χ0n) is 21.7. The molecule has 2 unspecified atom stereocenters. The maximum absolute atomic E-state index is 13.6. The zero-order valence-corrected chi connectivity index (χ0v) is 21.7. The lowest BCUT2D eigenvalue weighted by molar-refractivity contribution is -0.165. The maximum atomic E-state index is 13.6. The predicted molar refractivity (Wildman–Crippen MR) is 128 cm³/mol. The van der Waals surface area contributed by atoms with E-state index in [4.69, 9.17) is 0 Å². The van der Waals surface area contributed by atoms with Crippen molar-refractivity contribution in [3.8, 4) is 11.1 Å². The van der Waals surface area contributed by atoms with E-state index in [1.54, 1.807) is 13.8 Å². The Bertz CT molecular complexity index is 1360. The van der Waals surface area contributed by atoms with Gasteiger partial charge in [-0.2, -0.15) is 52.7 Å². The van der Waals surface area contributed by atoms with E-state index in [-0.39, 0.29) is 24.0 Å². The number of hydrogen-bond acceptors (Lipinski definition) is 1. The molecule has 0 aliphatic heterocycles. The van der Waals surface area contributed by atoms with Gasteiger partial charge in [0, 0.05) is 5.57 Å². The topological polar surface area (TPSA) is 37.3 Å². The van der Waals surface area contributed by atoms with Crippen molar-refractivity contribution < 1.29 is 62.6 Å². The van der Waals surface area contributed by atoms with Crippen LogP contribution in [0.15, 0.2) is 54.1 Å². The molecule has 3 rings (SSSR count). The number of alkyl halides is 12. The number of allylic oxidation sites excluding steroid dienone is 4. The molecule has 1 aliphatic carbocycles. The van der Waals surface area contributed by atoms with Gasteiger partial charge in [-0.3, -0.25) is 4.79 Å². The first-order chi connectivity index (χ1) is 19.0. The molecule has 1 aliphatic rings. The SMILES string of the molecule is CC(C)CC(C(=O)O)c1cc(C2=CC(C(F)(F)F)CC(C(F)(F)F)=C2)cc(-c2cc(C(F)(F)F)cc(C(F)(F)F)c2)c1. The summed E-state index contributed by atoms with van der Waals surface area (Å²) in [4.78, 5) is 12.1. The van der Waals surface area contributed by atoms with Crippen LogP contribution in [0.25, 0.3) is 16.7 Å². The zero-order chi connectivity index (χ0) is 32.0. The van der Waals surface area contributed by atoms with E-state index in [0.29, 0.717) is 24.3 Å². The van der Waals surface area contributed by atoms with Crippen molar-refractivity contribution in [2.45, 2.75) is 57.3 Å². The van der Waals surface area contributed by atoms with Crippen LogP contribution in [0, 0.1) is 11.8 Å². The average Bonchev–Trinajstić information content (AvgIpc) is 2.84. The van der Waals surface area contributed by atoms with Gasteiger partial charge in [-0.1, -0.05) is 32.1 Å². The van der Waals surface area contributed by atoms with Gasteiger partial charge in [0.2, 0.25) is 0 Å². The maximum Gasteiger partial charge on any atom is 0.416 e. The third-order valence-corrected chi connectivity index (χ3v) is 6.55. The first-order valence-corrected chi connectivity index (χ1v) is 12.2. The highest BCUT2D eigenvalue weighted by Crippen LogP contribution is 2.45. The van der Waals surface area contributed by atoms with E-state index in [0.717, 1.165) is 18.2 Å². The Labute approximate surface area is 231 Å². The standard InChI is InChI=1S/C28H22F12O2/c1-13(2)3-23(24(41)42)18-5-14(16-7-19(25(29,30)31)11-20(8-16)26(32,33)34)4-15(6-18)17-9-21(27(35,36)37)12-22(10-17)28(38,39)40/h4-11,13,21,23H,3,12H2,1-2H3,(H,41,42). The number of rotatable bonds is 6. The molecule has 2 aromatic rings. The van der Waals surface area contributed by atoms with E-state index in [9.17, 15) is 62.6 Å². The summed E-state index contributed by atoms with van der Waals surface area (Å²) in [5.41, 5.74) is -7.54. The molecule has 230 valence electrons. The number of aliphatic carboxylic acids is 1. The Morgan fingerprint density at radius 3 is 1.69 bits per heavy atom. The molecule has 42 heavy (non-hydrogen) atoms. The lowest BCUT2D eigenvalue weighted by Crippen LogP contribution is -2.27. The smallest absolute Gasteiger partial charge is 0.416 e. The first kappa shape index (κ1) is 33.1. The highest BCUT2D eigenvalue weighted by atomic mass is 19.4. The minimum Gasteiger partial charge on any atom is -0.481 e. The molecular weight excluding hydrogens is 596 g/mol. The quantitative estimate of drug-likeness (QED) is 0.327. The highest BCUT2D eigenvalue weighted by molar-refractivity contribution is 5.83. The Kier molecular flexibility index (Phi) is 8.91. The molecule has 0 aromatic heterocycles. The molecular formula is C28H22F12O2. The van der Waals surface area contributed by atoms with Crippen LogP contribution >= 0.6 is 0 Å². The summed E-state index contributed by atoms with van der Waals surface area (Å²) in [5.74, 6) is -5.84. The van der Waals surface area contributed by atoms with Gasteiger partial charge in [0.25, 0.3) is 0 Å². The van der Waals surface area contributed by atoms with Crippen molar-refractivity contribution >= 4 is 11.5 Å². The Morgan fingerprint density at radius 1 is 0.762 bits per heavy atom. The van der Waals surface area contributed by atoms with E-state index < -0.39 is 87.9 Å². The second-order valence-electron chi connectivity index (χ2n) is 10.3. The number of benzene rings is 2. The second-order valence-corrected chi connectivity index (χ2v) is 10.3. The van der Waals surface area contributed by atoms with Crippen LogP contribution in [0.4, 0.5) is 52.7 Å². The summed E-state index contributed by atoms with van der Waals surface area (Å²) in [6, 6.07) is 3.31. The highest BCUT2D eigenvalue weighted by Gasteiger charge is 2.45. The molecule has 2 atom stereocenters. The number of carboxylic acid groups (broad SMARTS) is 1. The molecule has 0 saturated heterocycles. The van der Waals surface area contributed by atoms with E-state index >= 15 is 0 Å². The van der Waals surface area contributed by atoms with Gasteiger partial charge < -0.3 is 5.11 Å². The molecule has 2 aromatic carbocycles. The largest absolute Gasteiger partial charge is 0.481 e. The second kappa shape index (κ2) is 11.3. The van der Waals surface area contributed by atoms with Gasteiger partial charge in [0.15, 0.2) is 0 Å². The van der Waals surface area contributed by atoms with Crippen LogP contribution < -0.4 is 0 Å². The van der Waals surface area contributed by atoms with Gasteiger partial charge >= 0.3 is 30.7 Å². The van der Waals surface area contributed by atoms with Crippen molar-refractivity contribution in [1.82, 2.24) is 0 Å². The fourth-order valence-electron chi connectivity index (χ4n) is 4.55. The average molecular weight is 618 g/mol. The molecule has 0 heterocycles. The number of hydrogen-bond donors (Lipinski definition) is 1. The van der Waals surface area contributed by atoms with Gasteiger partial charge in [0.1, 0.15) is 0 Å². The first-order valence-electron chi connectivity index (χ1n) is 12.2. The third-order valence-electron chi connectivity index (χ3n) is 6.55. The van der Waals surface area contributed by atoms with Gasteiger partial charge in [-0.05, 0) is 76.9 Å². The van der Waals surface area contributed by atoms with Crippen molar-refractivity contribution in [2.24, 2.45) is 11.8 Å². The molecule has 0 radical (unpaired) electrons. The van der Waals surface area contributed by atoms with Crippen LogP contribution in [-0.4, -0.2) is 23.4 Å². The van der Waals surface area contributed by atoms with Crippen molar-refractivity contribution in [1.29, 1.82) is 0 Å². The van der Waals surface area contributed by atoms with Crippen LogP contribution in [0.1, 0.15) is 54.9 Å². The van der Waals surface area contributed by atoms with Crippen LogP contribution in [0.2, 0.25) is 0 Å². The van der Waals surface area contributed by atoms with Crippen molar-refractivity contribution in [3.63, 3.8) is 0 Å². The van der Waals surface area contributed by atoms with Gasteiger partial charge in [-0.25, -0.2) is 0 Å². The lowest BCUT2D eigenvalue weighted by atomic mass is 9.83. The molecule has 0 bridgehead atoms. The van der Waals surface area contributed by atoms with E-state index in [2.05, 4.69) is 0 Å². The minimum atomic E-state index is -5.26. The molecule has 2 nitrogen and oxygen atoms in total. The summed E-state index contributed by atoms with van der Waals surface area (Å²) in [5, 5.41) is 9.82. The Hall–Kier alpha value is -3.45. The molecule has 0 amide bonds. The third kappa shape index (κ3) is 7.88. The predicted octanol–water partition coefficient (Wildman–Crippen LogP) is 10.1. The van der Waals surface area contributed by atoms with E-state index in [1.807, 2.05) is 0 Å². The number of carbonyl (C=O) groups is 1. The summed E-state index contributed by atoms with van der Waals surface area (Å²) < 4.78 is 162. The summed E-state index contributed by atoms with van der Waals surface area (Å²) >= 11 is 0. The van der Waals surface area contributed by atoms with Crippen molar-refractivity contribution in [2.75, 3.05) is 0 Å². The fourth-order valence-corrected chi connectivity index (χ4v) is 4.55. The van der Waals surface area contributed by atoms with Gasteiger partial charge in [-0.15, -0.1) is 0 Å². The molecule has 0 fully saturated rings. The van der Waals surface area contributed by atoms with Crippen LogP contribution in [-0.2, 0) is 17.1 Å². The lowest BCUT2D eigenvalue weighted by Gasteiger charge is -2.26. The monoisotopic (exact) mass is 618 g/mol. The van der Waals surface area contributed by atoms with E-state index in [1.165, 1.54) is 0 Å². The Morgan fingerprint density at radius 2 is 1.26 bits per heavy atom. The van der Waals surface area contributed by atoms with Gasteiger partial charge in [0.05, 0.1) is 23.0 Å². The molecule has 0 spiro atoms. The van der Waals surface area contributed by atoms with Crippen LogP contribution in [0.3, 0.4) is 0 Å². The molecule has 0 saturated carbocycles. The number of halogens is 12. The Balaban J connectivity index is 2.39. The fraction of sp³-hybridized carbons (Fsp3) is 0.393. The van der Waals surface area contributed by atoms with Crippen molar-refractivity contribution in [3.05, 3.63) is 76.4 Å². The molecule has 14 heteroatoms. The van der Waals surface area contributed by atoms with Crippen LogP contribution in [0.5, 0.6) is 0 Å². The summed E-state index contributed by atoms with van der Waals surface area (Å²) in [6.07, 6.45) is -21.5. The summed E-state index contributed by atoms with van der Waals surface area (Å²) in [6.45, 7) is 3.22. The molecule has 1 N–H and O–H groups in total. The number of carboxylic acids is 1. The summed E-state index contributed by atoms with van der Waals surface area (Å²) in [7, 11) is 0. The normalized spacial score (nSPS) is 17.6.